The lowest BCUT2D eigenvalue weighted by molar-refractivity contribution is 0.495. The molecule has 2 aromatic rings. The number of likely N-dealkylation sites (N-methyl/N-ethyl adjacent to an activating group) is 1. The van der Waals surface area contributed by atoms with E-state index in [9.17, 15) is 4.39 Å². The Morgan fingerprint density at radius 1 is 1.21 bits per heavy atom. The average molecular weight is 279 g/mol. The van der Waals surface area contributed by atoms with Gasteiger partial charge in [-0.15, -0.1) is 0 Å². The lowest BCUT2D eigenvalue weighted by Gasteiger charge is -2.24. The maximum absolute atomic E-state index is 13.6. The highest BCUT2D eigenvalue weighted by Gasteiger charge is 2.23. The summed E-state index contributed by atoms with van der Waals surface area (Å²) in [5.41, 5.74) is 1.70. The summed E-state index contributed by atoms with van der Waals surface area (Å²) >= 11 is 6.06. The van der Waals surface area contributed by atoms with E-state index in [0.29, 0.717) is 0 Å². The summed E-state index contributed by atoms with van der Waals surface area (Å²) in [5, 5.41) is 3.36. The van der Waals surface area contributed by atoms with Crippen LogP contribution >= 0.6 is 11.6 Å². The van der Waals surface area contributed by atoms with E-state index in [1.165, 1.54) is 6.07 Å². The van der Waals surface area contributed by atoms with Crippen LogP contribution in [0.3, 0.4) is 0 Å². The highest BCUT2D eigenvalue weighted by Crippen LogP contribution is 2.34. The summed E-state index contributed by atoms with van der Waals surface area (Å²) in [4.78, 5) is 4.35. The van der Waals surface area contributed by atoms with Gasteiger partial charge in [0.1, 0.15) is 5.82 Å². The predicted octanol–water partition coefficient (Wildman–Crippen LogP) is 3.94. The van der Waals surface area contributed by atoms with Crippen LogP contribution in [0.1, 0.15) is 30.1 Å². The van der Waals surface area contributed by atoms with E-state index < -0.39 is 5.82 Å². The second-order valence-electron chi connectivity index (χ2n) is 4.45. The number of nitrogens with zero attached hydrogens (tertiary/aromatic N) is 1. The number of halogens is 2. The van der Waals surface area contributed by atoms with Gasteiger partial charge in [0.05, 0.1) is 5.02 Å². The molecule has 0 aliphatic rings. The van der Waals surface area contributed by atoms with E-state index in [1.54, 1.807) is 12.3 Å². The van der Waals surface area contributed by atoms with Crippen molar-refractivity contribution in [3.05, 3.63) is 64.7 Å². The number of pyridine rings is 1. The van der Waals surface area contributed by atoms with Crippen LogP contribution in [0, 0.1) is 5.82 Å². The fourth-order valence-corrected chi connectivity index (χ4v) is 2.50. The molecule has 0 saturated heterocycles. The fraction of sp³-hybridized carbons (Fsp3) is 0.267. The molecule has 19 heavy (non-hydrogen) atoms. The molecule has 2 nitrogen and oxygen atoms in total. The van der Waals surface area contributed by atoms with Crippen molar-refractivity contribution in [1.29, 1.82) is 0 Å². The second-order valence-corrected chi connectivity index (χ2v) is 4.83. The lowest BCUT2D eigenvalue weighted by Crippen LogP contribution is -2.23. The van der Waals surface area contributed by atoms with Crippen molar-refractivity contribution in [2.45, 2.75) is 18.9 Å². The predicted molar refractivity (Wildman–Crippen MR) is 75.9 cm³/mol. The fourth-order valence-electron chi connectivity index (χ4n) is 2.25. The number of aromatic nitrogens is 1. The Labute approximate surface area is 117 Å². The second kappa shape index (κ2) is 6.13. The minimum atomic E-state index is -0.396. The Balaban J connectivity index is 2.37. The van der Waals surface area contributed by atoms with Crippen molar-refractivity contribution in [3.8, 4) is 0 Å². The highest BCUT2D eigenvalue weighted by molar-refractivity contribution is 6.31. The Morgan fingerprint density at radius 3 is 2.63 bits per heavy atom. The van der Waals surface area contributed by atoms with Crippen LogP contribution in [0.4, 0.5) is 4.39 Å². The summed E-state index contributed by atoms with van der Waals surface area (Å²) in [5.74, 6) is -0.307. The number of hydrogen-bond donors (Lipinski definition) is 1. The normalized spacial score (nSPS) is 14.1. The van der Waals surface area contributed by atoms with Gasteiger partial charge < -0.3 is 5.32 Å². The van der Waals surface area contributed by atoms with Crippen molar-refractivity contribution in [2.24, 2.45) is 0 Å². The van der Waals surface area contributed by atoms with Gasteiger partial charge in [-0.1, -0.05) is 36.7 Å². The van der Waals surface area contributed by atoms with Crippen molar-refractivity contribution in [1.82, 2.24) is 10.3 Å². The van der Waals surface area contributed by atoms with Crippen LogP contribution in [0.2, 0.25) is 5.02 Å². The first-order valence-corrected chi connectivity index (χ1v) is 6.55. The van der Waals surface area contributed by atoms with Gasteiger partial charge in [0.25, 0.3) is 0 Å². The van der Waals surface area contributed by atoms with Crippen molar-refractivity contribution in [2.75, 3.05) is 7.05 Å². The quantitative estimate of drug-likeness (QED) is 0.916. The van der Waals surface area contributed by atoms with Gasteiger partial charge in [-0.2, -0.15) is 0 Å². The van der Waals surface area contributed by atoms with Crippen LogP contribution in [0.15, 0.2) is 42.6 Å². The Morgan fingerprint density at radius 2 is 2.00 bits per heavy atom. The molecule has 0 bridgehead atoms. The molecule has 1 aromatic carbocycles. The number of hydrogen-bond acceptors (Lipinski definition) is 2. The zero-order valence-electron chi connectivity index (χ0n) is 10.9. The van der Waals surface area contributed by atoms with Crippen LogP contribution in [-0.4, -0.2) is 12.0 Å². The minimum absolute atomic E-state index is 0.0851. The third-order valence-corrected chi connectivity index (χ3v) is 3.68. The molecule has 0 amide bonds. The first-order valence-electron chi connectivity index (χ1n) is 6.17. The van der Waals surface area contributed by atoms with Gasteiger partial charge in [0, 0.05) is 23.9 Å². The smallest absolute Gasteiger partial charge is 0.142 e. The van der Waals surface area contributed by atoms with E-state index >= 15 is 0 Å². The summed E-state index contributed by atoms with van der Waals surface area (Å²) in [7, 11) is 1.84. The van der Waals surface area contributed by atoms with Crippen molar-refractivity contribution in [3.63, 3.8) is 0 Å². The molecule has 0 radical (unpaired) electrons. The molecule has 1 aromatic heterocycles. The van der Waals surface area contributed by atoms with Gasteiger partial charge in [-0.05, 0) is 30.8 Å². The molecule has 100 valence electrons. The van der Waals surface area contributed by atoms with Gasteiger partial charge in [0.2, 0.25) is 0 Å². The Hall–Kier alpha value is -1.45. The molecule has 0 saturated carbocycles. The first kappa shape index (κ1) is 14.0. The lowest BCUT2D eigenvalue weighted by atomic mass is 9.91. The summed E-state index contributed by atoms with van der Waals surface area (Å²) in [6, 6.07) is 10.6. The molecule has 0 aliphatic carbocycles. The molecule has 1 heterocycles. The zero-order valence-corrected chi connectivity index (χ0v) is 11.7. The first-order chi connectivity index (χ1) is 9.15. The van der Waals surface area contributed by atoms with Crippen LogP contribution in [-0.2, 0) is 0 Å². The van der Waals surface area contributed by atoms with E-state index in [2.05, 4.69) is 10.3 Å². The number of nitrogens with one attached hydrogen (secondary N) is 1. The maximum atomic E-state index is 13.6. The molecule has 4 heteroatoms. The molecule has 0 spiro atoms. The molecule has 1 N–H and O–H groups in total. The number of rotatable bonds is 4. The van der Waals surface area contributed by atoms with Gasteiger partial charge in [-0.25, -0.2) is 4.39 Å². The van der Waals surface area contributed by atoms with Gasteiger partial charge in [0.15, 0.2) is 0 Å². The zero-order chi connectivity index (χ0) is 13.8. The summed E-state index contributed by atoms with van der Waals surface area (Å²) in [6.45, 7) is 2.05. The Kier molecular flexibility index (Phi) is 4.51. The van der Waals surface area contributed by atoms with E-state index in [1.807, 2.05) is 38.2 Å². The SMILES string of the molecule is CNC(c1cccc(F)c1Cl)C(C)c1ccccn1. The molecular weight excluding hydrogens is 263 g/mol. The topological polar surface area (TPSA) is 24.9 Å². The standard InChI is InChI=1S/C15H16ClFN2/c1-10(13-8-3-4-9-19-13)15(18-2)11-6-5-7-12(17)14(11)16/h3-10,15,18H,1-2H3. The number of benzene rings is 1. The third-order valence-electron chi connectivity index (χ3n) is 3.28. The molecular formula is C15H16ClFN2. The van der Waals surface area contributed by atoms with Crippen molar-refractivity contribution >= 4 is 11.6 Å². The highest BCUT2D eigenvalue weighted by atomic mass is 35.5. The van der Waals surface area contributed by atoms with Gasteiger partial charge in [-0.3, -0.25) is 4.98 Å². The molecule has 2 atom stereocenters. The summed E-state index contributed by atoms with van der Waals surface area (Å²) in [6.07, 6.45) is 1.76. The Bertz CT molecular complexity index is 545. The van der Waals surface area contributed by atoms with Crippen LogP contribution in [0.5, 0.6) is 0 Å². The average Bonchev–Trinajstić information content (AvgIpc) is 2.45. The minimum Gasteiger partial charge on any atom is -0.312 e. The molecule has 2 rings (SSSR count). The molecule has 0 aliphatic heterocycles. The third kappa shape index (κ3) is 2.94. The molecule has 0 fully saturated rings. The van der Waals surface area contributed by atoms with Gasteiger partial charge >= 0.3 is 0 Å². The van der Waals surface area contributed by atoms with E-state index in [0.717, 1.165) is 11.3 Å². The maximum Gasteiger partial charge on any atom is 0.142 e. The summed E-state index contributed by atoms with van der Waals surface area (Å²) < 4.78 is 13.6. The monoisotopic (exact) mass is 278 g/mol. The van der Waals surface area contributed by atoms with E-state index in [4.69, 9.17) is 11.6 Å². The van der Waals surface area contributed by atoms with Crippen LogP contribution in [0.25, 0.3) is 0 Å². The van der Waals surface area contributed by atoms with E-state index in [-0.39, 0.29) is 17.0 Å². The van der Waals surface area contributed by atoms with Crippen molar-refractivity contribution < 1.29 is 4.39 Å². The largest absolute Gasteiger partial charge is 0.312 e. The van der Waals surface area contributed by atoms with Crippen LogP contribution < -0.4 is 5.32 Å². The molecule has 2 unspecified atom stereocenters.